The maximum Gasteiger partial charge on any atom is 0.131 e. The van der Waals surface area contributed by atoms with Crippen molar-refractivity contribution in [1.82, 2.24) is 4.90 Å². The number of benzene rings is 4. The first-order valence-corrected chi connectivity index (χ1v) is 12.1. The lowest BCUT2D eigenvalue weighted by Gasteiger charge is -2.26. The SMILES string of the molecule is Oc1ccc2c(Cc3ccc(OCCN4CCCCC4)cc3)c(-c3ccccc3F)ccc2c1. The molecule has 0 bridgehead atoms. The first-order valence-electron chi connectivity index (χ1n) is 12.1. The average molecular weight is 456 g/mol. The normalized spacial score (nSPS) is 14.4. The van der Waals surface area contributed by atoms with E-state index in [1.165, 1.54) is 38.4 Å². The summed E-state index contributed by atoms with van der Waals surface area (Å²) in [5, 5.41) is 11.9. The zero-order valence-corrected chi connectivity index (χ0v) is 19.3. The summed E-state index contributed by atoms with van der Waals surface area (Å²) in [6.45, 7) is 4.02. The summed E-state index contributed by atoms with van der Waals surface area (Å²) in [6.07, 6.45) is 4.57. The molecule has 0 spiro atoms. The molecule has 1 N–H and O–H groups in total. The van der Waals surface area contributed by atoms with Crippen LogP contribution >= 0.6 is 0 Å². The van der Waals surface area contributed by atoms with Crippen molar-refractivity contribution in [3.05, 3.63) is 95.8 Å². The van der Waals surface area contributed by atoms with Crippen molar-refractivity contribution in [2.45, 2.75) is 25.7 Å². The summed E-state index contributed by atoms with van der Waals surface area (Å²) in [4.78, 5) is 2.47. The predicted molar refractivity (Wildman–Crippen MR) is 136 cm³/mol. The van der Waals surface area contributed by atoms with Crippen LogP contribution in [0, 0.1) is 5.82 Å². The molecule has 4 heteroatoms. The average Bonchev–Trinajstić information content (AvgIpc) is 2.86. The van der Waals surface area contributed by atoms with Crippen molar-refractivity contribution < 1.29 is 14.2 Å². The molecule has 1 fully saturated rings. The number of aromatic hydroxyl groups is 1. The quantitative estimate of drug-likeness (QED) is 0.332. The van der Waals surface area contributed by atoms with Gasteiger partial charge in [0.15, 0.2) is 0 Å². The molecule has 34 heavy (non-hydrogen) atoms. The monoisotopic (exact) mass is 455 g/mol. The highest BCUT2D eigenvalue weighted by molar-refractivity contribution is 5.93. The molecule has 0 saturated carbocycles. The van der Waals surface area contributed by atoms with Crippen molar-refractivity contribution in [2.75, 3.05) is 26.2 Å². The Morgan fingerprint density at radius 1 is 0.824 bits per heavy atom. The lowest BCUT2D eigenvalue weighted by molar-refractivity contribution is 0.183. The van der Waals surface area contributed by atoms with Crippen molar-refractivity contribution in [2.24, 2.45) is 0 Å². The number of nitrogens with zero attached hydrogens (tertiary/aromatic N) is 1. The molecular weight excluding hydrogens is 425 g/mol. The Labute approximate surface area is 200 Å². The first kappa shape index (κ1) is 22.4. The summed E-state index contributed by atoms with van der Waals surface area (Å²) >= 11 is 0. The van der Waals surface area contributed by atoms with Crippen LogP contribution in [-0.2, 0) is 6.42 Å². The minimum absolute atomic E-state index is 0.225. The van der Waals surface area contributed by atoms with E-state index >= 15 is 0 Å². The van der Waals surface area contributed by atoms with E-state index < -0.39 is 0 Å². The molecule has 0 atom stereocenters. The lowest BCUT2D eigenvalue weighted by Crippen LogP contribution is -2.33. The molecule has 174 valence electrons. The highest BCUT2D eigenvalue weighted by atomic mass is 19.1. The molecule has 3 nitrogen and oxygen atoms in total. The van der Waals surface area contributed by atoms with Gasteiger partial charge >= 0.3 is 0 Å². The van der Waals surface area contributed by atoms with E-state index in [9.17, 15) is 9.50 Å². The first-order chi connectivity index (χ1) is 16.7. The summed E-state index contributed by atoms with van der Waals surface area (Å²) in [7, 11) is 0. The van der Waals surface area contributed by atoms with Crippen LogP contribution in [-0.4, -0.2) is 36.2 Å². The van der Waals surface area contributed by atoms with Crippen molar-refractivity contribution in [3.63, 3.8) is 0 Å². The smallest absolute Gasteiger partial charge is 0.131 e. The number of hydrogen-bond donors (Lipinski definition) is 1. The molecule has 0 aromatic heterocycles. The van der Waals surface area contributed by atoms with E-state index in [1.54, 1.807) is 18.2 Å². The van der Waals surface area contributed by atoms with Crippen LogP contribution in [0.15, 0.2) is 78.9 Å². The van der Waals surface area contributed by atoms with Gasteiger partial charge in [0.2, 0.25) is 0 Å². The number of phenolic OH excluding ortho intramolecular Hbond substituents is 1. The third-order valence-corrected chi connectivity index (χ3v) is 6.71. The second-order valence-corrected chi connectivity index (χ2v) is 9.05. The van der Waals surface area contributed by atoms with E-state index in [4.69, 9.17) is 4.74 Å². The second-order valence-electron chi connectivity index (χ2n) is 9.05. The molecular formula is C30H30FNO2. The van der Waals surface area contributed by atoms with Crippen LogP contribution < -0.4 is 4.74 Å². The predicted octanol–water partition coefficient (Wildman–Crippen LogP) is 6.81. The summed E-state index contributed by atoms with van der Waals surface area (Å²) in [6, 6.07) is 24.4. The number of rotatable bonds is 7. The van der Waals surface area contributed by atoms with Gasteiger partial charge in [0.1, 0.15) is 23.9 Å². The third-order valence-electron chi connectivity index (χ3n) is 6.71. The molecule has 5 rings (SSSR count). The number of hydrogen-bond acceptors (Lipinski definition) is 3. The van der Waals surface area contributed by atoms with E-state index in [-0.39, 0.29) is 11.6 Å². The minimum Gasteiger partial charge on any atom is -0.508 e. The zero-order chi connectivity index (χ0) is 23.3. The summed E-state index contributed by atoms with van der Waals surface area (Å²) in [5.74, 6) is 0.861. The van der Waals surface area contributed by atoms with Crippen LogP contribution in [0.2, 0.25) is 0 Å². The number of halogens is 1. The Kier molecular flexibility index (Phi) is 6.77. The Bertz CT molecular complexity index is 1260. The van der Waals surface area contributed by atoms with Crippen LogP contribution in [0.1, 0.15) is 30.4 Å². The largest absolute Gasteiger partial charge is 0.508 e. The van der Waals surface area contributed by atoms with Gasteiger partial charge < -0.3 is 9.84 Å². The van der Waals surface area contributed by atoms with Crippen LogP contribution in [0.25, 0.3) is 21.9 Å². The molecule has 0 unspecified atom stereocenters. The van der Waals surface area contributed by atoms with Gasteiger partial charge in [-0.3, -0.25) is 4.90 Å². The van der Waals surface area contributed by atoms with E-state index in [0.29, 0.717) is 18.6 Å². The third kappa shape index (κ3) is 5.07. The second kappa shape index (κ2) is 10.3. The Hall–Kier alpha value is -3.37. The van der Waals surface area contributed by atoms with Crippen LogP contribution in [0.5, 0.6) is 11.5 Å². The standard InChI is InChI=1S/C30H30FNO2/c31-30-7-3-2-6-28(30)27-14-10-23-21-24(33)11-15-26(23)29(27)20-22-8-12-25(13-9-22)34-19-18-32-16-4-1-5-17-32/h2-3,6-15,21,33H,1,4-5,16-20H2. The maximum absolute atomic E-state index is 14.7. The van der Waals surface area contributed by atoms with Gasteiger partial charge in [-0.1, -0.05) is 55.0 Å². The van der Waals surface area contributed by atoms with E-state index in [2.05, 4.69) is 17.0 Å². The highest BCUT2D eigenvalue weighted by Crippen LogP contribution is 2.35. The minimum atomic E-state index is -0.237. The van der Waals surface area contributed by atoms with Gasteiger partial charge in [-0.05, 0) is 90.1 Å². The van der Waals surface area contributed by atoms with Gasteiger partial charge in [-0.15, -0.1) is 0 Å². The fraction of sp³-hybridized carbons (Fsp3) is 0.267. The molecule has 0 radical (unpaired) electrons. The molecule has 1 aliphatic rings. The fourth-order valence-electron chi connectivity index (χ4n) is 4.89. The van der Waals surface area contributed by atoms with Gasteiger partial charge in [0.05, 0.1) is 0 Å². The summed E-state index contributed by atoms with van der Waals surface area (Å²) in [5.41, 5.74) is 3.63. The summed E-state index contributed by atoms with van der Waals surface area (Å²) < 4.78 is 20.7. The number of phenols is 1. The molecule has 4 aromatic rings. The van der Waals surface area contributed by atoms with Gasteiger partial charge in [-0.2, -0.15) is 0 Å². The molecule has 1 saturated heterocycles. The number of ether oxygens (including phenoxy) is 1. The zero-order valence-electron chi connectivity index (χ0n) is 19.3. The fourth-order valence-corrected chi connectivity index (χ4v) is 4.89. The van der Waals surface area contributed by atoms with Gasteiger partial charge in [0, 0.05) is 12.1 Å². The van der Waals surface area contributed by atoms with Crippen LogP contribution in [0.4, 0.5) is 4.39 Å². The number of likely N-dealkylation sites (tertiary alicyclic amines) is 1. The molecule has 0 aliphatic carbocycles. The maximum atomic E-state index is 14.7. The van der Waals surface area contributed by atoms with Crippen molar-refractivity contribution in [1.29, 1.82) is 0 Å². The molecule has 4 aromatic carbocycles. The number of fused-ring (bicyclic) bond motifs is 1. The highest BCUT2D eigenvalue weighted by Gasteiger charge is 2.14. The Morgan fingerprint density at radius 2 is 1.62 bits per heavy atom. The van der Waals surface area contributed by atoms with Crippen molar-refractivity contribution in [3.8, 4) is 22.6 Å². The molecule has 1 heterocycles. The Balaban J connectivity index is 1.38. The van der Waals surface area contributed by atoms with E-state index in [1.807, 2.05) is 42.5 Å². The number of piperidine rings is 1. The van der Waals surface area contributed by atoms with Gasteiger partial charge in [0.25, 0.3) is 0 Å². The molecule has 1 aliphatic heterocycles. The van der Waals surface area contributed by atoms with Crippen molar-refractivity contribution >= 4 is 10.8 Å². The Morgan fingerprint density at radius 3 is 2.41 bits per heavy atom. The van der Waals surface area contributed by atoms with E-state index in [0.717, 1.165) is 39.8 Å². The topological polar surface area (TPSA) is 32.7 Å². The lowest BCUT2D eigenvalue weighted by atomic mass is 9.90. The van der Waals surface area contributed by atoms with Crippen LogP contribution in [0.3, 0.4) is 0 Å². The van der Waals surface area contributed by atoms with Gasteiger partial charge in [-0.25, -0.2) is 4.39 Å². The molecule has 0 amide bonds.